The summed E-state index contributed by atoms with van der Waals surface area (Å²) in [6.07, 6.45) is 5.61. The molecule has 1 aliphatic rings. The number of hydrogen-bond donors (Lipinski definition) is 0. The molecule has 0 saturated carbocycles. The van der Waals surface area contributed by atoms with E-state index in [2.05, 4.69) is 52.8 Å². The fourth-order valence-electron chi connectivity index (χ4n) is 4.18. The van der Waals surface area contributed by atoms with E-state index in [0.717, 1.165) is 47.0 Å². The van der Waals surface area contributed by atoms with Gasteiger partial charge < -0.3 is 4.90 Å². The number of piperidine rings is 1. The summed E-state index contributed by atoms with van der Waals surface area (Å²) in [5.41, 5.74) is 6.80. The summed E-state index contributed by atoms with van der Waals surface area (Å²) in [5.74, 6) is 0.843. The van der Waals surface area contributed by atoms with Crippen molar-refractivity contribution >= 4 is 16.9 Å². The Labute approximate surface area is 176 Å². The molecule has 0 aliphatic carbocycles. The summed E-state index contributed by atoms with van der Waals surface area (Å²) in [6, 6.07) is 20.3. The summed E-state index contributed by atoms with van der Waals surface area (Å²) < 4.78 is 2.13. The number of rotatable bonds is 3. The van der Waals surface area contributed by atoms with Crippen LogP contribution in [0, 0.1) is 18.3 Å². The molecule has 0 spiro atoms. The van der Waals surface area contributed by atoms with Gasteiger partial charge in [0.2, 0.25) is 0 Å². The van der Waals surface area contributed by atoms with Crippen LogP contribution in [0.2, 0.25) is 0 Å². The van der Waals surface area contributed by atoms with Crippen molar-refractivity contribution in [2.45, 2.75) is 26.2 Å². The topological polar surface area (TPSA) is 57.7 Å². The molecule has 0 amide bonds. The van der Waals surface area contributed by atoms with E-state index in [1.54, 1.807) is 0 Å². The van der Waals surface area contributed by atoms with Gasteiger partial charge in [0.1, 0.15) is 11.3 Å². The molecule has 30 heavy (non-hydrogen) atoms. The van der Waals surface area contributed by atoms with Crippen LogP contribution in [0.25, 0.3) is 28.2 Å². The molecule has 0 radical (unpaired) electrons. The molecule has 5 nitrogen and oxygen atoms in total. The van der Waals surface area contributed by atoms with Crippen LogP contribution in [-0.2, 0) is 0 Å². The highest BCUT2D eigenvalue weighted by Gasteiger charge is 2.21. The Morgan fingerprint density at radius 1 is 0.900 bits per heavy atom. The standard InChI is InChI=1S/C25H23N5/c1-18-5-11-21(12-6-18)30-24(20-9-7-19(17-26)8-10-20)28-23-22(13-14-27-25(23)30)29-15-3-2-4-16-29/h5-14H,2-4,15-16H2,1H3. The molecule has 1 fully saturated rings. The number of hydrogen-bond acceptors (Lipinski definition) is 4. The maximum absolute atomic E-state index is 9.17. The van der Waals surface area contributed by atoms with Gasteiger partial charge in [-0.15, -0.1) is 0 Å². The Morgan fingerprint density at radius 3 is 2.33 bits per heavy atom. The van der Waals surface area contributed by atoms with Gasteiger partial charge in [-0.2, -0.15) is 5.26 Å². The third-order valence-electron chi connectivity index (χ3n) is 5.79. The normalized spacial score (nSPS) is 14.1. The van der Waals surface area contributed by atoms with Gasteiger partial charge in [0.25, 0.3) is 0 Å². The van der Waals surface area contributed by atoms with Gasteiger partial charge >= 0.3 is 0 Å². The van der Waals surface area contributed by atoms with Crippen molar-refractivity contribution in [3.05, 3.63) is 71.9 Å². The predicted octanol–water partition coefficient (Wildman–Crippen LogP) is 5.26. The molecular formula is C25H23N5. The van der Waals surface area contributed by atoms with Gasteiger partial charge in [0, 0.05) is 30.5 Å². The van der Waals surface area contributed by atoms with E-state index in [1.807, 2.05) is 30.5 Å². The number of aryl methyl sites for hydroxylation is 1. The first kappa shape index (κ1) is 18.4. The molecule has 148 valence electrons. The number of anilines is 1. The largest absolute Gasteiger partial charge is 0.370 e. The zero-order chi connectivity index (χ0) is 20.5. The molecule has 0 unspecified atom stereocenters. The fraction of sp³-hybridized carbons (Fsp3) is 0.240. The van der Waals surface area contributed by atoms with Gasteiger partial charge in [-0.3, -0.25) is 4.57 Å². The highest BCUT2D eigenvalue weighted by molar-refractivity contribution is 5.90. The second kappa shape index (κ2) is 7.64. The van der Waals surface area contributed by atoms with Crippen LogP contribution >= 0.6 is 0 Å². The van der Waals surface area contributed by atoms with Crippen molar-refractivity contribution in [3.63, 3.8) is 0 Å². The van der Waals surface area contributed by atoms with Crippen molar-refractivity contribution in [2.75, 3.05) is 18.0 Å². The Kier molecular flexibility index (Phi) is 4.68. The van der Waals surface area contributed by atoms with Gasteiger partial charge in [-0.25, -0.2) is 9.97 Å². The Hall–Kier alpha value is -3.65. The summed E-state index contributed by atoms with van der Waals surface area (Å²) >= 11 is 0. The molecule has 5 heteroatoms. The maximum Gasteiger partial charge on any atom is 0.167 e. The lowest BCUT2D eigenvalue weighted by Gasteiger charge is -2.28. The number of nitrogens with zero attached hydrogens (tertiary/aromatic N) is 5. The molecule has 0 bridgehead atoms. The molecule has 1 saturated heterocycles. The van der Waals surface area contributed by atoms with Crippen LogP contribution < -0.4 is 4.90 Å². The Morgan fingerprint density at radius 2 is 1.63 bits per heavy atom. The van der Waals surface area contributed by atoms with Gasteiger partial charge in [-0.1, -0.05) is 17.7 Å². The summed E-state index contributed by atoms with van der Waals surface area (Å²) in [5, 5.41) is 9.17. The SMILES string of the molecule is Cc1ccc(-n2c(-c3ccc(C#N)cc3)nc3c(N4CCCCC4)ccnc32)cc1. The molecule has 0 atom stereocenters. The van der Waals surface area contributed by atoms with Gasteiger partial charge in [0.15, 0.2) is 5.65 Å². The minimum Gasteiger partial charge on any atom is -0.370 e. The van der Waals surface area contributed by atoms with Crippen LogP contribution in [0.1, 0.15) is 30.4 Å². The first-order valence-corrected chi connectivity index (χ1v) is 10.4. The number of imidazole rings is 1. The van der Waals surface area contributed by atoms with Gasteiger partial charge in [0.05, 0.1) is 17.3 Å². The van der Waals surface area contributed by atoms with E-state index in [4.69, 9.17) is 15.2 Å². The Bertz CT molecular complexity index is 1220. The lowest BCUT2D eigenvalue weighted by molar-refractivity contribution is 0.578. The van der Waals surface area contributed by atoms with E-state index in [0.29, 0.717) is 5.56 Å². The molecule has 5 rings (SSSR count). The molecule has 1 aliphatic heterocycles. The molecule has 2 aromatic carbocycles. The monoisotopic (exact) mass is 393 g/mol. The zero-order valence-electron chi connectivity index (χ0n) is 17.0. The first-order valence-electron chi connectivity index (χ1n) is 10.4. The summed E-state index contributed by atoms with van der Waals surface area (Å²) in [6.45, 7) is 4.20. The van der Waals surface area contributed by atoms with Crippen molar-refractivity contribution in [3.8, 4) is 23.1 Å². The Balaban J connectivity index is 1.75. The number of nitriles is 1. The second-order valence-electron chi connectivity index (χ2n) is 7.85. The molecule has 3 heterocycles. The van der Waals surface area contributed by atoms with Crippen LogP contribution in [0.3, 0.4) is 0 Å². The lowest BCUT2D eigenvalue weighted by atomic mass is 10.1. The molecule has 2 aromatic heterocycles. The predicted molar refractivity (Wildman–Crippen MR) is 120 cm³/mol. The number of benzene rings is 2. The van der Waals surface area contributed by atoms with Crippen molar-refractivity contribution in [1.29, 1.82) is 5.26 Å². The van der Waals surface area contributed by atoms with Crippen LogP contribution in [-0.4, -0.2) is 27.6 Å². The fourth-order valence-corrected chi connectivity index (χ4v) is 4.18. The molecule has 0 N–H and O–H groups in total. The van der Waals surface area contributed by atoms with E-state index in [9.17, 15) is 0 Å². The number of aromatic nitrogens is 3. The number of fused-ring (bicyclic) bond motifs is 1. The summed E-state index contributed by atoms with van der Waals surface area (Å²) in [7, 11) is 0. The van der Waals surface area contributed by atoms with E-state index in [-0.39, 0.29) is 0 Å². The molecule has 4 aromatic rings. The minimum absolute atomic E-state index is 0.642. The van der Waals surface area contributed by atoms with Crippen molar-refractivity contribution in [2.24, 2.45) is 0 Å². The highest BCUT2D eigenvalue weighted by atomic mass is 15.2. The number of pyridine rings is 1. The van der Waals surface area contributed by atoms with Gasteiger partial charge in [-0.05, 0) is 68.7 Å². The lowest BCUT2D eigenvalue weighted by Crippen LogP contribution is -2.29. The van der Waals surface area contributed by atoms with E-state index >= 15 is 0 Å². The van der Waals surface area contributed by atoms with Crippen LogP contribution in [0.15, 0.2) is 60.8 Å². The minimum atomic E-state index is 0.642. The van der Waals surface area contributed by atoms with E-state index < -0.39 is 0 Å². The summed E-state index contributed by atoms with van der Waals surface area (Å²) in [4.78, 5) is 12.3. The average Bonchev–Trinajstić information content (AvgIpc) is 3.20. The van der Waals surface area contributed by atoms with Crippen molar-refractivity contribution < 1.29 is 0 Å². The van der Waals surface area contributed by atoms with Crippen molar-refractivity contribution in [1.82, 2.24) is 14.5 Å². The quantitative estimate of drug-likeness (QED) is 0.476. The molecular weight excluding hydrogens is 370 g/mol. The average molecular weight is 393 g/mol. The highest BCUT2D eigenvalue weighted by Crippen LogP contribution is 2.33. The van der Waals surface area contributed by atoms with E-state index in [1.165, 1.54) is 24.8 Å². The second-order valence-corrected chi connectivity index (χ2v) is 7.85. The third-order valence-corrected chi connectivity index (χ3v) is 5.79. The third kappa shape index (κ3) is 3.21. The smallest absolute Gasteiger partial charge is 0.167 e. The van der Waals surface area contributed by atoms with Crippen LogP contribution in [0.4, 0.5) is 5.69 Å². The first-order chi connectivity index (χ1) is 14.7. The zero-order valence-corrected chi connectivity index (χ0v) is 17.0. The maximum atomic E-state index is 9.17. The van der Waals surface area contributed by atoms with Crippen LogP contribution in [0.5, 0.6) is 0 Å².